The Kier molecular flexibility index (Phi) is 7.99. The average Bonchev–Trinajstić information content (AvgIpc) is 2.89. The van der Waals surface area contributed by atoms with E-state index in [2.05, 4.69) is 10.3 Å². The number of carboxylic acids is 1. The lowest BCUT2D eigenvalue weighted by atomic mass is 9.64. The number of fused-ring (bicyclic) bond motifs is 1. The number of carbonyl (C=O) groups is 5. The Hall–Kier alpha value is -4.60. The van der Waals surface area contributed by atoms with Crippen LogP contribution in [0.5, 0.6) is 11.5 Å². The fraction of sp³-hybridized carbons (Fsp3) is 0.333. The van der Waals surface area contributed by atoms with Gasteiger partial charge in [-0.1, -0.05) is 6.07 Å². The Labute approximate surface area is 225 Å². The van der Waals surface area contributed by atoms with Gasteiger partial charge in [-0.2, -0.15) is 0 Å². The number of imide groups is 1. The van der Waals surface area contributed by atoms with Gasteiger partial charge in [0.05, 0.1) is 6.20 Å². The molecule has 16 heteroatoms. The number of hydrogen-bond donors (Lipinski definition) is 4. The van der Waals surface area contributed by atoms with Gasteiger partial charge in [0.2, 0.25) is 0 Å². The van der Waals surface area contributed by atoms with Gasteiger partial charge in [-0.3, -0.25) is 24.3 Å². The van der Waals surface area contributed by atoms with Crippen molar-refractivity contribution < 1.29 is 52.6 Å². The maximum atomic E-state index is 14.8. The fourth-order valence-electron chi connectivity index (χ4n) is 4.57. The van der Waals surface area contributed by atoms with E-state index in [1.165, 1.54) is 11.0 Å². The van der Waals surface area contributed by atoms with Crippen LogP contribution in [0.2, 0.25) is 5.82 Å². The summed E-state index contributed by atoms with van der Waals surface area (Å²) in [6.07, 6.45) is 0.126. The highest BCUT2D eigenvalue weighted by atomic mass is 19.1. The Bertz CT molecular complexity index is 1410. The molecule has 1 fully saturated rings. The SMILES string of the molecule is CCN1CCN(C(=O)NC(C(=O)C[C@H]2Cc3ccc(F)c(C(=O)O)c3OB2O)c2ncc(O)cc2F)C(=O)C1=O. The third-order valence-corrected chi connectivity index (χ3v) is 6.64. The maximum Gasteiger partial charge on any atom is 0.526 e. The third-order valence-electron chi connectivity index (χ3n) is 6.64. The standard InChI is InChI=1S/C24H23BF2N4O9/c1-2-30-5-6-31(22(35)21(30)34)24(38)29-19(18-15(27)9-13(32)10-28-18)16(33)8-12-7-11-3-4-14(26)17(23(36)37)20(11)40-25(12)39/h3-4,9-10,12,19,32,39H,2,5-8H2,1H3,(H,29,38)(H,36,37)/t12-,19?/m1/s1. The number of hydrogen-bond acceptors (Lipinski definition) is 9. The highest BCUT2D eigenvalue weighted by molar-refractivity contribution is 6.47. The quantitative estimate of drug-likeness (QED) is 0.277. The number of Topliss-reactive ketones (excluding diaryl/α,β-unsaturated/α-hetero) is 1. The molecule has 2 aliphatic rings. The molecule has 4 rings (SSSR count). The molecule has 0 aliphatic carbocycles. The van der Waals surface area contributed by atoms with E-state index in [9.17, 15) is 48.0 Å². The first-order chi connectivity index (χ1) is 18.9. The van der Waals surface area contributed by atoms with Crippen molar-refractivity contribution in [1.29, 1.82) is 0 Å². The Morgan fingerprint density at radius 2 is 1.93 bits per heavy atom. The lowest BCUT2D eigenvalue weighted by Crippen LogP contribution is -2.58. The average molecular weight is 560 g/mol. The highest BCUT2D eigenvalue weighted by Gasteiger charge is 2.42. The Morgan fingerprint density at radius 3 is 2.58 bits per heavy atom. The van der Waals surface area contributed by atoms with Gasteiger partial charge in [0.1, 0.15) is 34.6 Å². The first kappa shape index (κ1) is 28.4. The molecule has 0 radical (unpaired) electrons. The number of amides is 4. The van der Waals surface area contributed by atoms with Crippen molar-refractivity contribution in [3.8, 4) is 11.5 Å². The number of piperazine rings is 1. The number of carbonyl (C=O) groups excluding carboxylic acids is 4. The van der Waals surface area contributed by atoms with Crippen molar-refractivity contribution in [3.05, 3.63) is 52.9 Å². The van der Waals surface area contributed by atoms with Gasteiger partial charge < -0.3 is 30.1 Å². The summed E-state index contributed by atoms with van der Waals surface area (Å²) in [5.74, 6) is -8.85. The van der Waals surface area contributed by atoms with Gasteiger partial charge in [-0.25, -0.2) is 18.4 Å². The number of likely N-dealkylation sites (N-methyl/N-ethyl adjacent to an activating group) is 1. The lowest BCUT2D eigenvalue weighted by Gasteiger charge is -2.33. The molecule has 13 nitrogen and oxygen atoms in total. The maximum absolute atomic E-state index is 14.8. The number of urea groups is 1. The summed E-state index contributed by atoms with van der Waals surface area (Å²) in [6.45, 7) is 1.74. The number of ketones is 1. The second-order valence-electron chi connectivity index (χ2n) is 9.14. The predicted octanol–water partition coefficient (Wildman–Crippen LogP) is 0.650. The zero-order valence-corrected chi connectivity index (χ0v) is 21.0. The fourth-order valence-corrected chi connectivity index (χ4v) is 4.57. The molecule has 1 unspecified atom stereocenters. The molecule has 0 bridgehead atoms. The smallest absolute Gasteiger partial charge is 0.526 e. The normalized spacial score (nSPS) is 17.7. The number of pyridine rings is 1. The van der Waals surface area contributed by atoms with Crippen LogP contribution in [0.4, 0.5) is 13.6 Å². The van der Waals surface area contributed by atoms with E-state index < -0.39 is 89.4 Å². The second-order valence-corrected chi connectivity index (χ2v) is 9.14. The molecule has 0 saturated carbocycles. The summed E-state index contributed by atoms with van der Waals surface area (Å²) in [5, 5.41) is 31.6. The number of aromatic carboxylic acids is 1. The largest absolute Gasteiger partial charge is 0.535 e. The van der Waals surface area contributed by atoms with Crippen LogP contribution in [0.25, 0.3) is 0 Å². The number of benzene rings is 1. The van der Waals surface area contributed by atoms with Crippen LogP contribution in [0.1, 0.15) is 41.0 Å². The zero-order chi connectivity index (χ0) is 29.3. The van der Waals surface area contributed by atoms with Crippen LogP contribution in [0.3, 0.4) is 0 Å². The molecule has 2 aliphatic heterocycles. The number of nitrogens with one attached hydrogen (secondary N) is 1. The molecule has 2 aromatic rings. The van der Waals surface area contributed by atoms with Crippen molar-refractivity contribution in [2.24, 2.45) is 0 Å². The lowest BCUT2D eigenvalue weighted by molar-refractivity contribution is -0.153. The summed E-state index contributed by atoms with van der Waals surface area (Å²) >= 11 is 0. The van der Waals surface area contributed by atoms with E-state index in [-0.39, 0.29) is 31.6 Å². The van der Waals surface area contributed by atoms with Crippen molar-refractivity contribution in [2.75, 3.05) is 19.6 Å². The first-order valence-corrected chi connectivity index (χ1v) is 12.1. The van der Waals surface area contributed by atoms with Crippen molar-refractivity contribution in [2.45, 2.75) is 31.6 Å². The second kappa shape index (κ2) is 11.3. The summed E-state index contributed by atoms with van der Waals surface area (Å²) in [5.41, 5.74) is -1.21. The van der Waals surface area contributed by atoms with Crippen LogP contribution in [-0.4, -0.2) is 86.4 Å². The highest BCUT2D eigenvalue weighted by Crippen LogP contribution is 2.38. The van der Waals surface area contributed by atoms with Gasteiger partial charge in [-0.05, 0) is 25.0 Å². The zero-order valence-electron chi connectivity index (χ0n) is 21.0. The van der Waals surface area contributed by atoms with Gasteiger partial charge >= 0.3 is 30.9 Å². The molecule has 0 spiro atoms. The minimum absolute atomic E-state index is 0.0445. The minimum Gasteiger partial charge on any atom is -0.535 e. The molecule has 4 amide bonds. The van der Waals surface area contributed by atoms with Crippen LogP contribution < -0.4 is 9.97 Å². The van der Waals surface area contributed by atoms with E-state index in [1.54, 1.807) is 6.92 Å². The Balaban J connectivity index is 1.59. The van der Waals surface area contributed by atoms with E-state index in [1.807, 2.05) is 0 Å². The van der Waals surface area contributed by atoms with E-state index in [0.29, 0.717) is 11.0 Å². The molecule has 210 valence electrons. The molecule has 40 heavy (non-hydrogen) atoms. The predicted molar refractivity (Wildman–Crippen MR) is 130 cm³/mol. The molecule has 1 saturated heterocycles. The minimum atomic E-state index is -1.82. The number of carboxylic acid groups (broad SMARTS) is 1. The number of rotatable bonds is 7. The summed E-state index contributed by atoms with van der Waals surface area (Å²) in [4.78, 5) is 68.0. The molecule has 1 aromatic carbocycles. The molecular weight excluding hydrogens is 537 g/mol. The topological polar surface area (TPSA) is 187 Å². The number of aromatic hydroxyl groups is 1. The summed E-state index contributed by atoms with van der Waals surface area (Å²) < 4.78 is 34.1. The molecule has 1 aromatic heterocycles. The first-order valence-electron chi connectivity index (χ1n) is 12.1. The molecular formula is C24H23BF2N4O9. The van der Waals surface area contributed by atoms with Crippen LogP contribution in [0.15, 0.2) is 24.4 Å². The third kappa shape index (κ3) is 5.43. The van der Waals surface area contributed by atoms with Crippen molar-refractivity contribution >= 4 is 36.7 Å². The van der Waals surface area contributed by atoms with Crippen LogP contribution in [-0.2, 0) is 20.8 Å². The van der Waals surface area contributed by atoms with Gasteiger partial charge in [0.15, 0.2) is 11.6 Å². The Morgan fingerprint density at radius 1 is 1.20 bits per heavy atom. The number of aromatic nitrogens is 1. The molecule has 3 heterocycles. The van der Waals surface area contributed by atoms with E-state index in [0.717, 1.165) is 12.3 Å². The van der Waals surface area contributed by atoms with Crippen LogP contribution >= 0.6 is 0 Å². The summed E-state index contributed by atoms with van der Waals surface area (Å²) in [7, 11) is -1.77. The number of halogens is 2. The van der Waals surface area contributed by atoms with Gasteiger partial charge in [0, 0.05) is 37.9 Å². The molecule has 4 N–H and O–H groups in total. The van der Waals surface area contributed by atoms with Crippen molar-refractivity contribution in [1.82, 2.24) is 20.1 Å². The van der Waals surface area contributed by atoms with E-state index in [4.69, 9.17) is 4.65 Å². The monoisotopic (exact) mass is 560 g/mol. The summed E-state index contributed by atoms with van der Waals surface area (Å²) in [6, 6.07) is -0.206. The van der Waals surface area contributed by atoms with Gasteiger partial charge in [0.25, 0.3) is 0 Å². The molecule has 2 atom stereocenters. The van der Waals surface area contributed by atoms with Crippen molar-refractivity contribution in [3.63, 3.8) is 0 Å². The number of nitrogens with zero attached hydrogens (tertiary/aromatic N) is 3. The van der Waals surface area contributed by atoms with E-state index >= 15 is 0 Å². The van der Waals surface area contributed by atoms with Gasteiger partial charge in [-0.15, -0.1) is 0 Å². The van der Waals surface area contributed by atoms with Crippen LogP contribution in [0, 0.1) is 11.6 Å².